The molecular weight excluding hydrogens is 330 g/mol. The van der Waals surface area contributed by atoms with Crippen LogP contribution in [0.4, 0.5) is 0 Å². The van der Waals surface area contributed by atoms with Gasteiger partial charge in [-0.1, -0.05) is 18.2 Å². The van der Waals surface area contributed by atoms with Gasteiger partial charge >= 0.3 is 0 Å². The summed E-state index contributed by atoms with van der Waals surface area (Å²) in [5, 5.41) is 0.324. The van der Waals surface area contributed by atoms with Crippen LogP contribution in [0.25, 0.3) is 11.0 Å². The number of hydrogen-bond acceptors (Lipinski definition) is 5. The summed E-state index contributed by atoms with van der Waals surface area (Å²) in [6, 6.07) is 17.3. The third-order valence-corrected chi connectivity index (χ3v) is 3.91. The molecule has 2 aromatic heterocycles. The first-order valence-corrected chi connectivity index (χ1v) is 7.95. The standard InChI is InChI=1S/C21H13NO4/c23-20(14-8-10-22-11-9-14)18-13-25-19-12-16(6-7-17(19)21(18)24)26-15-4-2-1-3-5-15/h1-13H. The van der Waals surface area contributed by atoms with Gasteiger partial charge in [-0.3, -0.25) is 14.6 Å². The first-order valence-electron chi connectivity index (χ1n) is 7.95. The molecule has 0 radical (unpaired) electrons. The van der Waals surface area contributed by atoms with E-state index < -0.39 is 5.78 Å². The van der Waals surface area contributed by atoms with Gasteiger partial charge in [0.2, 0.25) is 5.43 Å². The van der Waals surface area contributed by atoms with Crippen LogP contribution in [-0.2, 0) is 0 Å². The second-order valence-electron chi connectivity index (χ2n) is 5.62. The quantitative estimate of drug-likeness (QED) is 0.519. The summed E-state index contributed by atoms with van der Waals surface area (Å²) in [5.41, 5.74) is 0.352. The molecule has 4 rings (SSSR count). The summed E-state index contributed by atoms with van der Waals surface area (Å²) in [4.78, 5) is 29.1. The number of carbonyl (C=O) groups excluding carboxylic acids is 1. The number of nitrogens with zero attached hydrogens (tertiary/aromatic N) is 1. The summed E-state index contributed by atoms with van der Waals surface area (Å²) in [5.74, 6) is 0.825. The Bertz CT molecular complexity index is 1130. The molecule has 0 aliphatic rings. The molecule has 2 aromatic carbocycles. The van der Waals surface area contributed by atoms with Crippen molar-refractivity contribution in [2.75, 3.05) is 0 Å². The van der Waals surface area contributed by atoms with E-state index in [2.05, 4.69) is 4.98 Å². The number of carbonyl (C=O) groups is 1. The second-order valence-corrected chi connectivity index (χ2v) is 5.62. The molecule has 5 nitrogen and oxygen atoms in total. The van der Waals surface area contributed by atoms with Gasteiger partial charge in [0.1, 0.15) is 28.9 Å². The van der Waals surface area contributed by atoms with Crippen molar-refractivity contribution >= 4 is 16.8 Å². The van der Waals surface area contributed by atoms with Gasteiger partial charge < -0.3 is 9.15 Å². The van der Waals surface area contributed by atoms with Gasteiger partial charge in [-0.15, -0.1) is 0 Å². The van der Waals surface area contributed by atoms with Crippen molar-refractivity contribution in [3.8, 4) is 11.5 Å². The number of benzene rings is 2. The minimum atomic E-state index is -0.396. The van der Waals surface area contributed by atoms with Crippen LogP contribution in [0.5, 0.6) is 11.5 Å². The Morgan fingerprint density at radius 3 is 2.46 bits per heavy atom. The minimum absolute atomic E-state index is 0.0135. The van der Waals surface area contributed by atoms with Crippen molar-refractivity contribution in [2.45, 2.75) is 0 Å². The average Bonchev–Trinajstić information content (AvgIpc) is 2.69. The SMILES string of the molecule is O=C(c1ccncc1)c1coc2cc(Oc3ccccc3)ccc2c1=O. The maximum absolute atomic E-state index is 12.7. The van der Waals surface area contributed by atoms with E-state index >= 15 is 0 Å². The molecule has 5 heteroatoms. The van der Waals surface area contributed by atoms with Crippen LogP contribution in [0.1, 0.15) is 15.9 Å². The molecule has 0 saturated heterocycles. The fourth-order valence-corrected chi connectivity index (χ4v) is 2.61. The van der Waals surface area contributed by atoms with Crippen molar-refractivity contribution in [2.24, 2.45) is 0 Å². The van der Waals surface area contributed by atoms with Crippen LogP contribution in [-0.4, -0.2) is 10.8 Å². The molecule has 0 aliphatic heterocycles. The first-order chi connectivity index (χ1) is 12.7. The predicted octanol–water partition coefficient (Wildman–Crippen LogP) is 4.21. The highest BCUT2D eigenvalue weighted by Gasteiger charge is 2.16. The second kappa shape index (κ2) is 6.64. The topological polar surface area (TPSA) is 69.4 Å². The zero-order valence-electron chi connectivity index (χ0n) is 13.6. The first kappa shape index (κ1) is 15.8. The zero-order valence-corrected chi connectivity index (χ0v) is 13.6. The van der Waals surface area contributed by atoms with Crippen LogP contribution in [0.15, 0.2) is 88.5 Å². The summed E-state index contributed by atoms with van der Waals surface area (Å²) < 4.78 is 11.3. The van der Waals surface area contributed by atoms with Crippen LogP contribution in [0.2, 0.25) is 0 Å². The molecule has 0 amide bonds. The maximum atomic E-state index is 12.7. The number of rotatable bonds is 4. The number of hydrogen-bond donors (Lipinski definition) is 0. The Morgan fingerprint density at radius 2 is 1.69 bits per heavy atom. The van der Waals surface area contributed by atoms with Gasteiger partial charge in [-0.25, -0.2) is 0 Å². The van der Waals surface area contributed by atoms with E-state index in [0.717, 1.165) is 0 Å². The molecule has 0 saturated carbocycles. The Balaban J connectivity index is 1.72. The van der Waals surface area contributed by atoms with Gasteiger partial charge in [-0.2, -0.15) is 0 Å². The monoisotopic (exact) mass is 343 g/mol. The summed E-state index contributed by atoms with van der Waals surface area (Å²) in [6.07, 6.45) is 4.20. The van der Waals surface area contributed by atoms with Crippen molar-refractivity contribution in [3.05, 3.63) is 101 Å². The van der Waals surface area contributed by atoms with E-state index in [9.17, 15) is 9.59 Å². The van der Waals surface area contributed by atoms with Crippen molar-refractivity contribution in [1.29, 1.82) is 0 Å². The molecule has 0 N–H and O–H groups in total. The van der Waals surface area contributed by atoms with E-state index in [0.29, 0.717) is 28.0 Å². The molecular formula is C21H13NO4. The minimum Gasteiger partial charge on any atom is -0.463 e. The molecule has 4 aromatic rings. The number of aromatic nitrogens is 1. The van der Waals surface area contributed by atoms with Crippen LogP contribution in [0, 0.1) is 0 Å². The lowest BCUT2D eigenvalue weighted by Crippen LogP contribution is -2.15. The largest absolute Gasteiger partial charge is 0.463 e. The van der Waals surface area contributed by atoms with Crippen LogP contribution >= 0.6 is 0 Å². The van der Waals surface area contributed by atoms with Gasteiger partial charge in [0.05, 0.1) is 5.39 Å². The molecule has 2 heterocycles. The summed E-state index contributed by atoms with van der Waals surface area (Å²) in [6.45, 7) is 0. The van der Waals surface area contributed by atoms with E-state index in [-0.39, 0.29) is 11.0 Å². The molecule has 0 spiro atoms. The molecule has 0 aliphatic carbocycles. The smallest absolute Gasteiger partial charge is 0.203 e. The predicted molar refractivity (Wildman–Crippen MR) is 96.7 cm³/mol. The maximum Gasteiger partial charge on any atom is 0.203 e. The third kappa shape index (κ3) is 2.98. The van der Waals surface area contributed by atoms with Gasteiger partial charge in [0.25, 0.3) is 0 Å². The number of fused-ring (bicyclic) bond motifs is 1. The normalized spacial score (nSPS) is 10.6. The summed E-state index contributed by atoms with van der Waals surface area (Å²) >= 11 is 0. The zero-order chi connectivity index (χ0) is 17.9. The molecule has 0 atom stereocenters. The number of pyridine rings is 1. The van der Waals surface area contributed by atoms with Gasteiger partial charge in [0, 0.05) is 24.0 Å². The fraction of sp³-hybridized carbons (Fsp3) is 0. The number of para-hydroxylation sites is 1. The molecule has 126 valence electrons. The lowest BCUT2D eigenvalue weighted by molar-refractivity contribution is 0.103. The van der Waals surface area contributed by atoms with Crippen molar-refractivity contribution < 1.29 is 13.9 Å². The highest BCUT2D eigenvalue weighted by Crippen LogP contribution is 2.24. The van der Waals surface area contributed by atoms with Crippen molar-refractivity contribution in [3.63, 3.8) is 0 Å². The van der Waals surface area contributed by atoms with Crippen LogP contribution in [0.3, 0.4) is 0 Å². The van der Waals surface area contributed by atoms with Gasteiger partial charge in [0.15, 0.2) is 5.78 Å². The molecule has 0 bridgehead atoms. The fourth-order valence-electron chi connectivity index (χ4n) is 2.61. The Labute approximate surface area is 148 Å². The Kier molecular flexibility index (Phi) is 4.03. The number of ether oxygens (including phenoxy) is 1. The van der Waals surface area contributed by atoms with Crippen LogP contribution < -0.4 is 10.2 Å². The van der Waals surface area contributed by atoms with E-state index in [1.807, 2.05) is 30.3 Å². The lowest BCUT2D eigenvalue weighted by Gasteiger charge is -2.07. The molecule has 0 fully saturated rings. The van der Waals surface area contributed by atoms with Gasteiger partial charge in [-0.05, 0) is 36.4 Å². The Morgan fingerprint density at radius 1 is 0.923 bits per heavy atom. The van der Waals surface area contributed by atoms with E-state index in [1.165, 1.54) is 18.7 Å². The number of ketones is 1. The Hall–Kier alpha value is -3.73. The lowest BCUT2D eigenvalue weighted by atomic mass is 10.0. The summed E-state index contributed by atoms with van der Waals surface area (Å²) in [7, 11) is 0. The highest BCUT2D eigenvalue weighted by atomic mass is 16.5. The average molecular weight is 343 g/mol. The highest BCUT2D eigenvalue weighted by molar-refractivity contribution is 6.09. The third-order valence-electron chi connectivity index (χ3n) is 3.91. The molecule has 26 heavy (non-hydrogen) atoms. The molecule has 0 unspecified atom stereocenters. The van der Waals surface area contributed by atoms with E-state index in [1.54, 1.807) is 30.3 Å². The van der Waals surface area contributed by atoms with E-state index in [4.69, 9.17) is 9.15 Å². The van der Waals surface area contributed by atoms with Crippen molar-refractivity contribution in [1.82, 2.24) is 4.98 Å².